The summed E-state index contributed by atoms with van der Waals surface area (Å²) >= 11 is 0. The van der Waals surface area contributed by atoms with Gasteiger partial charge in [0, 0.05) is 16.9 Å². The molecule has 0 unspecified atom stereocenters. The molecule has 0 radical (unpaired) electrons. The van der Waals surface area contributed by atoms with Crippen LogP contribution >= 0.6 is 0 Å². The van der Waals surface area contributed by atoms with Crippen molar-refractivity contribution in [2.75, 3.05) is 11.5 Å². The second-order valence-corrected chi connectivity index (χ2v) is 3.87. The van der Waals surface area contributed by atoms with Crippen molar-refractivity contribution in [3.05, 3.63) is 23.8 Å². The summed E-state index contributed by atoms with van der Waals surface area (Å²) < 4.78 is 0. The van der Waals surface area contributed by atoms with Crippen LogP contribution in [0.2, 0.25) is 0 Å². The predicted molar refractivity (Wildman–Crippen MR) is 64.4 cm³/mol. The smallest absolute Gasteiger partial charge is 0.182 e. The summed E-state index contributed by atoms with van der Waals surface area (Å²) in [5.41, 5.74) is 11.8. The molecule has 0 aliphatic heterocycles. The topological polar surface area (TPSA) is 103 Å². The van der Waals surface area contributed by atoms with Gasteiger partial charge < -0.3 is 11.5 Å². The first-order chi connectivity index (χ1) is 7.84. The SMILES string of the molecule is CC(=O)C(C(C)=O)C(=O)c1cc(N)ccc1N. The molecule has 1 aromatic carbocycles. The molecular formula is C12H14N2O3. The Kier molecular flexibility index (Phi) is 3.62. The van der Waals surface area contributed by atoms with Gasteiger partial charge in [-0.25, -0.2) is 0 Å². The molecule has 0 aromatic heterocycles. The monoisotopic (exact) mass is 234 g/mol. The van der Waals surface area contributed by atoms with E-state index in [0.29, 0.717) is 5.69 Å². The third-order valence-electron chi connectivity index (χ3n) is 2.42. The molecule has 0 aliphatic rings. The second-order valence-electron chi connectivity index (χ2n) is 3.87. The number of ketones is 3. The van der Waals surface area contributed by atoms with Gasteiger partial charge in [0.1, 0.15) is 17.5 Å². The zero-order valence-corrected chi connectivity index (χ0v) is 9.69. The van der Waals surface area contributed by atoms with Crippen LogP contribution in [0, 0.1) is 5.92 Å². The summed E-state index contributed by atoms with van der Waals surface area (Å²) in [6, 6.07) is 4.39. The van der Waals surface area contributed by atoms with E-state index in [4.69, 9.17) is 11.5 Å². The maximum atomic E-state index is 12.0. The lowest BCUT2D eigenvalue weighted by molar-refractivity contribution is -0.128. The first-order valence-electron chi connectivity index (χ1n) is 5.04. The quantitative estimate of drug-likeness (QED) is 0.456. The summed E-state index contributed by atoms with van der Waals surface area (Å²) in [5, 5.41) is 0. The van der Waals surface area contributed by atoms with Gasteiger partial charge >= 0.3 is 0 Å². The molecule has 0 saturated heterocycles. The van der Waals surface area contributed by atoms with E-state index < -0.39 is 23.3 Å². The number of carbonyl (C=O) groups excluding carboxylic acids is 3. The fourth-order valence-electron chi connectivity index (χ4n) is 1.60. The van der Waals surface area contributed by atoms with Gasteiger partial charge in [-0.15, -0.1) is 0 Å². The molecule has 1 rings (SSSR count). The molecule has 5 heteroatoms. The van der Waals surface area contributed by atoms with E-state index in [2.05, 4.69) is 0 Å². The molecule has 17 heavy (non-hydrogen) atoms. The number of Topliss-reactive ketones (excluding diaryl/α,β-unsaturated/α-hetero) is 3. The molecule has 0 fully saturated rings. The zero-order valence-electron chi connectivity index (χ0n) is 9.69. The van der Waals surface area contributed by atoms with Gasteiger partial charge in [-0.05, 0) is 32.0 Å². The Labute approximate surface area is 98.8 Å². The molecule has 1 aromatic rings. The van der Waals surface area contributed by atoms with Gasteiger partial charge in [0.25, 0.3) is 0 Å². The molecular weight excluding hydrogens is 220 g/mol. The van der Waals surface area contributed by atoms with Gasteiger partial charge in [-0.3, -0.25) is 14.4 Å². The van der Waals surface area contributed by atoms with Crippen molar-refractivity contribution in [1.82, 2.24) is 0 Å². The van der Waals surface area contributed by atoms with E-state index in [9.17, 15) is 14.4 Å². The minimum absolute atomic E-state index is 0.111. The molecule has 0 spiro atoms. The van der Waals surface area contributed by atoms with Gasteiger partial charge in [0.05, 0.1) is 0 Å². The van der Waals surface area contributed by atoms with Crippen molar-refractivity contribution < 1.29 is 14.4 Å². The van der Waals surface area contributed by atoms with Gasteiger partial charge in [0.15, 0.2) is 5.78 Å². The van der Waals surface area contributed by atoms with Crippen molar-refractivity contribution >= 4 is 28.7 Å². The van der Waals surface area contributed by atoms with Crippen molar-refractivity contribution in [3.63, 3.8) is 0 Å². The van der Waals surface area contributed by atoms with Crippen LogP contribution in [-0.2, 0) is 9.59 Å². The summed E-state index contributed by atoms with van der Waals surface area (Å²) in [4.78, 5) is 34.6. The van der Waals surface area contributed by atoms with Crippen LogP contribution < -0.4 is 11.5 Å². The lowest BCUT2D eigenvalue weighted by atomic mass is 9.90. The minimum atomic E-state index is -1.29. The van der Waals surface area contributed by atoms with Crippen molar-refractivity contribution in [2.45, 2.75) is 13.8 Å². The number of nitrogens with two attached hydrogens (primary N) is 2. The first kappa shape index (κ1) is 12.9. The van der Waals surface area contributed by atoms with E-state index in [1.807, 2.05) is 0 Å². The molecule has 4 N–H and O–H groups in total. The maximum absolute atomic E-state index is 12.0. The van der Waals surface area contributed by atoms with Crippen molar-refractivity contribution in [1.29, 1.82) is 0 Å². The largest absolute Gasteiger partial charge is 0.399 e. The molecule has 0 atom stereocenters. The summed E-state index contributed by atoms with van der Waals surface area (Å²) in [7, 11) is 0. The number of anilines is 2. The number of hydrogen-bond donors (Lipinski definition) is 2. The second kappa shape index (κ2) is 4.78. The highest BCUT2D eigenvalue weighted by Gasteiger charge is 2.30. The lowest BCUT2D eigenvalue weighted by Gasteiger charge is -2.11. The Morgan fingerprint density at radius 1 is 1.06 bits per heavy atom. The van der Waals surface area contributed by atoms with Crippen LogP contribution in [0.15, 0.2) is 18.2 Å². The van der Waals surface area contributed by atoms with E-state index in [1.165, 1.54) is 26.0 Å². The minimum Gasteiger partial charge on any atom is -0.399 e. The van der Waals surface area contributed by atoms with E-state index in [-0.39, 0.29) is 11.3 Å². The molecule has 0 saturated carbocycles. The maximum Gasteiger partial charge on any atom is 0.182 e. The Hall–Kier alpha value is -2.17. The van der Waals surface area contributed by atoms with Crippen LogP contribution in [0.1, 0.15) is 24.2 Å². The number of benzene rings is 1. The van der Waals surface area contributed by atoms with E-state index >= 15 is 0 Å². The molecule has 0 amide bonds. The molecule has 5 nitrogen and oxygen atoms in total. The Morgan fingerprint density at radius 3 is 2.06 bits per heavy atom. The standard InChI is InChI=1S/C12H14N2O3/c1-6(15)11(7(2)16)12(17)9-5-8(13)3-4-10(9)14/h3-5,11H,13-14H2,1-2H3. The van der Waals surface area contributed by atoms with E-state index in [1.54, 1.807) is 6.07 Å². The highest BCUT2D eigenvalue weighted by Crippen LogP contribution is 2.20. The molecule has 0 bridgehead atoms. The predicted octanol–water partition coefficient (Wildman–Crippen LogP) is 0.828. The average Bonchev–Trinajstić information content (AvgIpc) is 2.20. The van der Waals surface area contributed by atoms with Crippen molar-refractivity contribution in [3.8, 4) is 0 Å². The summed E-state index contributed by atoms with van der Waals surface area (Å²) in [6.07, 6.45) is 0. The Morgan fingerprint density at radius 2 is 1.59 bits per heavy atom. The molecule has 0 heterocycles. The fraction of sp³-hybridized carbons (Fsp3) is 0.250. The van der Waals surface area contributed by atoms with Crippen LogP contribution in [0.5, 0.6) is 0 Å². The van der Waals surface area contributed by atoms with Gasteiger partial charge in [-0.2, -0.15) is 0 Å². The van der Waals surface area contributed by atoms with Crippen LogP contribution in [0.4, 0.5) is 11.4 Å². The number of nitrogen functional groups attached to an aromatic ring is 2. The number of carbonyl (C=O) groups is 3. The third kappa shape index (κ3) is 2.69. The Bertz CT molecular complexity index is 481. The van der Waals surface area contributed by atoms with Crippen LogP contribution in [0.25, 0.3) is 0 Å². The normalized spacial score (nSPS) is 10.3. The highest BCUT2D eigenvalue weighted by molar-refractivity contribution is 6.24. The fourth-order valence-corrected chi connectivity index (χ4v) is 1.60. The number of rotatable bonds is 4. The average molecular weight is 234 g/mol. The zero-order chi connectivity index (χ0) is 13.2. The van der Waals surface area contributed by atoms with E-state index in [0.717, 1.165) is 0 Å². The van der Waals surface area contributed by atoms with Gasteiger partial charge in [0.2, 0.25) is 0 Å². The van der Waals surface area contributed by atoms with Crippen LogP contribution in [0.3, 0.4) is 0 Å². The molecule has 0 aliphatic carbocycles. The van der Waals surface area contributed by atoms with Crippen molar-refractivity contribution in [2.24, 2.45) is 5.92 Å². The van der Waals surface area contributed by atoms with Crippen LogP contribution in [-0.4, -0.2) is 17.3 Å². The highest BCUT2D eigenvalue weighted by atomic mass is 16.2. The third-order valence-corrected chi connectivity index (χ3v) is 2.42. The van der Waals surface area contributed by atoms with Gasteiger partial charge in [-0.1, -0.05) is 0 Å². The summed E-state index contributed by atoms with van der Waals surface area (Å²) in [6.45, 7) is 2.40. The first-order valence-corrected chi connectivity index (χ1v) is 5.04. The summed E-state index contributed by atoms with van der Waals surface area (Å²) in [5.74, 6) is -2.89. The lowest BCUT2D eigenvalue weighted by Crippen LogP contribution is -2.29. The molecule has 90 valence electrons. The number of hydrogen-bond acceptors (Lipinski definition) is 5. The Balaban J connectivity index is 3.23.